The molecule has 10 rings (SSSR count). The Morgan fingerprint density at radius 3 is 1.51 bits per heavy atom. The number of nitrogens with one attached hydrogen (secondary N) is 1. The molecule has 2 aromatic heterocycles. The summed E-state index contributed by atoms with van der Waals surface area (Å²) < 4.78 is 10.2. The molecular weight excluding hydrogens is 957 g/mol. The number of pyridine rings is 2. The molecule has 2 aromatic carbocycles. The van der Waals surface area contributed by atoms with Crippen LogP contribution in [0.4, 0.5) is 0 Å². The molecular formula is C58H75BrN6O6. The number of piperidine rings is 2. The average molecular weight is 1030 g/mol. The van der Waals surface area contributed by atoms with E-state index in [-0.39, 0.29) is 34.5 Å². The van der Waals surface area contributed by atoms with E-state index in [0.29, 0.717) is 44.0 Å². The van der Waals surface area contributed by atoms with Crippen LogP contribution in [0.25, 0.3) is 0 Å². The highest BCUT2D eigenvalue weighted by atomic mass is 79.9. The minimum absolute atomic E-state index is 0.0329. The van der Waals surface area contributed by atoms with Crippen LogP contribution in [0.5, 0.6) is 0 Å². The van der Waals surface area contributed by atoms with Crippen LogP contribution in [0.2, 0.25) is 0 Å². The minimum atomic E-state index is -0.435. The number of carbonyl (C=O) groups excluding carboxylic acids is 4. The van der Waals surface area contributed by atoms with Crippen LogP contribution in [0.15, 0.2) is 84.9 Å². The van der Waals surface area contributed by atoms with E-state index < -0.39 is 6.04 Å². The first-order valence-electron chi connectivity index (χ1n) is 26.7. The monoisotopic (exact) mass is 1030 g/mol. The number of alkyl halides is 1. The average Bonchev–Trinajstić information content (AvgIpc) is 3.38. The third-order valence-corrected chi connectivity index (χ3v) is 16.2. The molecule has 6 heterocycles. The number of benzene rings is 2. The SMILES string of the molecule is CCOC(=O)C(Br)c1ccccc1.CCOC(=O)C(c1ccccc1)N1CC(C(=O)N2CCC(Cc3ccc4c(n3)CCCC4)CC2)C1.O=C(C1CNC1)N1CCC(Cc2ccc3c(n2)CCCC3)CC1. The van der Waals surface area contributed by atoms with Gasteiger partial charge in [-0.05, 0) is 150 Å². The number of amides is 2. The number of halogens is 1. The number of ether oxygens (including phenoxy) is 2. The van der Waals surface area contributed by atoms with Crippen molar-refractivity contribution in [2.45, 2.75) is 115 Å². The van der Waals surface area contributed by atoms with Crippen molar-refractivity contribution in [2.24, 2.45) is 23.7 Å². The summed E-state index contributed by atoms with van der Waals surface area (Å²) >= 11 is 3.28. The van der Waals surface area contributed by atoms with Crippen molar-refractivity contribution < 1.29 is 28.7 Å². The Kier molecular flexibility index (Phi) is 19.3. The first-order valence-corrected chi connectivity index (χ1v) is 27.6. The van der Waals surface area contributed by atoms with E-state index in [0.717, 1.165) is 102 Å². The lowest BCUT2D eigenvalue weighted by Gasteiger charge is -2.45. The molecule has 71 heavy (non-hydrogen) atoms. The molecule has 4 aromatic rings. The number of likely N-dealkylation sites (tertiary alicyclic amines) is 3. The number of rotatable bonds is 13. The standard InChI is InChI=1S/C29H37N3O3.C19H27N3O.C10H11BrO2/c1-2-35-29(34)27(23-9-4-3-5-10-23)32-19-24(20-32)28(33)31-16-14-21(15-17-31)18-25-13-12-22-8-6-7-11-26(22)30-25;23-19(16-12-20-13-16)22-9-7-14(8-10-22)11-17-6-5-15-3-1-2-4-18(15)21-17;1-2-13-10(12)9(11)8-6-4-3-5-7-8/h3-5,9-10,12-13,21,24,27H,2,6-8,11,14-20H2,1H3;5-6,14,16,20H,1-4,7-13H2;3-7,9H,2H2,1H3. The fourth-order valence-electron chi connectivity index (χ4n) is 11.0. The summed E-state index contributed by atoms with van der Waals surface area (Å²) in [4.78, 5) is 65.1. The van der Waals surface area contributed by atoms with Crippen LogP contribution in [-0.4, -0.2) is 114 Å². The van der Waals surface area contributed by atoms with E-state index in [4.69, 9.17) is 19.4 Å². The number of hydrogen-bond acceptors (Lipinski definition) is 10. The first kappa shape index (κ1) is 52.3. The number of aryl methyl sites for hydroxylation is 4. The Bertz CT molecular complexity index is 2360. The summed E-state index contributed by atoms with van der Waals surface area (Å²) in [5.41, 5.74) is 9.89. The number of aromatic nitrogens is 2. The van der Waals surface area contributed by atoms with Gasteiger partial charge in [-0.25, -0.2) is 4.79 Å². The quantitative estimate of drug-likeness (QED) is 0.103. The molecule has 12 nitrogen and oxygen atoms in total. The summed E-state index contributed by atoms with van der Waals surface area (Å²) in [5, 5.41) is 3.19. The molecule has 2 amide bonds. The topological polar surface area (TPSA) is 134 Å². The zero-order chi connectivity index (χ0) is 49.5. The van der Waals surface area contributed by atoms with E-state index in [9.17, 15) is 19.2 Å². The zero-order valence-electron chi connectivity index (χ0n) is 42.1. The minimum Gasteiger partial charge on any atom is -0.465 e. The van der Waals surface area contributed by atoms with Gasteiger partial charge in [0, 0.05) is 75.1 Å². The molecule has 0 spiro atoms. The van der Waals surface area contributed by atoms with Crippen molar-refractivity contribution in [2.75, 3.05) is 65.6 Å². The lowest BCUT2D eigenvalue weighted by molar-refractivity contribution is -0.157. The highest BCUT2D eigenvalue weighted by Gasteiger charge is 2.43. The van der Waals surface area contributed by atoms with Crippen molar-refractivity contribution >= 4 is 39.7 Å². The highest BCUT2D eigenvalue weighted by molar-refractivity contribution is 9.09. The summed E-state index contributed by atoms with van der Waals surface area (Å²) in [5.74, 6) is 1.62. The van der Waals surface area contributed by atoms with Crippen LogP contribution < -0.4 is 5.32 Å². The van der Waals surface area contributed by atoms with E-state index in [1.54, 1.807) is 6.92 Å². The number of hydrogen-bond donors (Lipinski definition) is 1. The number of esters is 2. The van der Waals surface area contributed by atoms with Crippen molar-refractivity contribution in [1.29, 1.82) is 0 Å². The molecule has 2 aliphatic carbocycles. The van der Waals surface area contributed by atoms with E-state index in [1.807, 2.05) is 72.5 Å². The summed E-state index contributed by atoms with van der Waals surface area (Å²) in [7, 11) is 0. The lowest BCUT2D eigenvalue weighted by atomic mass is 9.88. The summed E-state index contributed by atoms with van der Waals surface area (Å²) in [6, 6.07) is 27.8. The van der Waals surface area contributed by atoms with Crippen molar-refractivity contribution in [3.8, 4) is 0 Å². The molecule has 4 fully saturated rings. The van der Waals surface area contributed by atoms with Gasteiger partial charge in [0.15, 0.2) is 0 Å². The van der Waals surface area contributed by atoms with E-state index in [2.05, 4.69) is 55.3 Å². The molecule has 0 bridgehead atoms. The third-order valence-electron chi connectivity index (χ3n) is 15.3. The zero-order valence-corrected chi connectivity index (χ0v) is 43.7. The van der Waals surface area contributed by atoms with Crippen LogP contribution in [0, 0.1) is 23.7 Å². The van der Waals surface area contributed by atoms with E-state index in [1.165, 1.54) is 72.4 Å². The fourth-order valence-corrected chi connectivity index (χ4v) is 11.4. The first-order chi connectivity index (χ1) is 34.7. The molecule has 4 aliphatic heterocycles. The second-order valence-electron chi connectivity index (χ2n) is 20.3. The Morgan fingerprint density at radius 1 is 0.592 bits per heavy atom. The van der Waals surface area contributed by atoms with Crippen molar-refractivity contribution in [1.82, 2.24) is 30.0 Å². The van der Waals surface area contributed by atoms with Crippen molar-refractivity contribution in [3.05, 3.63) is 130 Å². The maximum Gasteiger partial charge on any atom is 0.328 e. The second kappa shape index (κ2) is 26.1. The third kappa shape index (κ3) is 14.2. The largest absolute Gasteiger partial charge is 0.465 e. The Balaban J connectivity index is 0.000000160. The van der Waals surface area contributed by atoms with Crippen LogP contribution in [0.1, 0.15) is 121 Å². The van der Waals surface area contributed by atoms with Gasteiger partial charge in [0.1, 0.15) is 10.9 Å². The van der Waals surface area contributed by atoms with Crippen LogP contribution in [-0.2, 0) is 67.2 Å². The number of nitrogens with zero attached hydrogens (tertiary/aromatic N) is 5. The Labute approximate surface area is 430 Å². The normalized spacial score (nSPS) is 19.4. The molecule has 4 saturated heterocycles. The van der Waals surface area contributed by atoms with Gasteiger partial charge in [-0.1, -0.05) is 88.7 Å². The Hall–Kier alpha value is -4.98. The molecule has 2 unspecified atom stereocenters. The van der Waals surface area contributed by atoms with Gasteiger partial charge in [0.05, 0.1) is 25.0 Å². The Morgan fingerprint density at radius 2 is 1.04 bits per heavy atom. The molecule has 0 saturated carbocycles. The van der Waals surface area contributed by atoms with Crippen molar-refractivity contribution in [3.63, 3.8) is 0 Å². The van der Waals surface area contributed by atoms with E-state index >= 15 is 0 Å². The molecule has 2 atom stereocenters. The molecule has 13 heteroatoms. The number of carbonyl (C=O) groups is 4. The van der Waals surface area contributed by atoms with Gasteiger partial charge in [0.2, 0.25) is 11.8 Å². The summed E-state index contributed by atoms with van der Waals surface area (Å²) in [6.45, 7) is 10.9. The van der Waals surface area contributed by atoms with Gasteiger partial charge in [-0.3, -0.25) is 29.3 Å². The molecule has 6 aliphatic rings. The summed E-state index contributed by atoms with van der Waals surface area (Å²) in [6.07, 6.45) is 16.3. The lowest BCUT2D eigenvalue weighted by Crippen LogP contribution is -2.57. The maximum absolute atomic E-state index is 13.2. The highest BCUT2D eigenvalue weighted by Crippen LogP contribution is 2.33. The van der Waals surface area contributed by atoms with Gasteiger partial charge in [0.25, 0.3) is 0 Å². The predicted octanol–water partition coefficient (Wildman–Crippen LogP) is 8.62. The number of fused-ring (bicyclic) bond motifs is 2. The molecule has 0 radical (unpaired) electrons. The second-order valence-corrected chi connectivity index (χ2v) is 21.2. The predicted molar refractivity (Wildman–Crippen MR) is 280 cm³/mol. The fraction of sp³-hybridized carbons (Fsp3) is 0.552. The maximum atomic E-state index is 13.2. The van der Waals surface area contributed by atoms with Gasteiger partial charge in [-0.15, -0.1) is 0 Å². The molecule has 380 valence electrons. The van der Waals surface area contributed by atoms with Crippen LogP contribution >= 0.6 is 15.9 Å². The van der Waals surface area contributed by atoms with Crippen LogP contribution in [0.3, 0.4) is 0 Å². The van der Waals surface area contributed by atoms with Gasteiger partial charge >= 0.3 is 11.9 Å². The van der Waals surface area contributed by atoms with Gasteiger partial charge < -0.3 is 24.6 Å². The smallest absolute Gasteiger partial charge is 0.328 e. The van der Waals surface area contributed by atoms with Gasteiger partial charge in [-0.2, -0.15) is 0 Å². The molecule has 1 N–H and O–H groups in total.